The van der Waals surface area contributed by atoms with Crippen LogP contribution in [0.2, 0.25) is 0 Å². The fourth-order valence-electron chi connectivity index (χ4n) is 3.93. The molecule has 1 saturated heterocycles. The van der Waals surface area contributed by atoms with Gasteiger partial charge in [0.05, 0.1) is 11.4 Å². The van der Waals surface area contributed by atoms with Crippen molar-refractivity contribution in [3.05, 3.63) is 71.9 Å². The SMILES string of the molecule is O=C1C=C(Nc2ccccc2N2CCCC2)CC(c2ccccc2)C1. The lowest BCUT2D eigenvalue weighted by Crippen LogP contribution is -2.21. The molecular formula is C22H24N2O. The van der Waals surface area contributed by atoms with Crippen molar-refractivity contribution < 1.29 is 4.79 Å². The van der Waals surface area contributed by atoms with Crippen molar-refractivity contribution >= 4 is 17.2 Å². The van der Waals surface area contributed by atoms with E-state index in [-0.39, 0.29) is 11.7 Å². The second-order valence-electron chi connectivity index (χ2n) is 6.99. The topological polar surface area (TPSA) is 32.3 Å². The number of ketones is 1. The van der Waals surface area contributed by atoms with Crippen molar-refractivity contribution in [1.29, 1.82) is 0 Å². The van der Waals surface area contributed by atoms with Crippen LogP contribution in [0.5, 0.6) is 0 Å². The van der Waals surface area contributed by atoms with Gasteiger partial charge in [0.1, 0.15) is 0 Å². The zero-order valence-electron chi connectivity index (χ0n) is 14.4. The van der Waals surface area contributed by atoms with Crippen molar-refractivity contribution in [3.8, 4) is 0 Å². The summed E-state index contributed by atoms with van der Waals surface area (Å²) in [7, 11) is 0. The first-order valence-electron chi connectivity index (χ1n) is 9.19. The number of nitrogens with zero attached hydrogens (tertiary/aromatic N) is 1. The van der Waals surface area contributed by atoms with Gasteiger partial charge in [-0.05, 0) is 42.9 Å². The number of anilines is 2. The van der Waals surface area contributed by atoms with Crippen LogP contribution in [0.1, 0.15) is 37.2 Å². The van der Waals surface area contributed by atoms with Gasteiger partial charge in [-0.1, -0.05) is 42.5 Å². The van der Waals surface area contributed by atoms with E-state index in [1.807, 2.05) is 18.2 Å². The Morgan fingerprint density at radius 1 is 0.880 bits per heavy atom. The van der Waals surface area contributed by atoms with Crippen LogP contribution in [0.15, 0.2) is 66.4 Å². The Labute approximate surface area is 149 Å². The fourth-order valence-corrected chi connectivity index (χ4v) is 3.93. The maximum atomic E-state index is 12.3. The van der Waals surface area contributed by atoms with Gasteiger partial charge in [0.25, 0.3) is 0 Å². The number of hydrogen-bond donors (Lipinski definition) is 1. The Bertz CT molecular complexity index is 776. The Balaban J connectivity index is 1.55. The van der Waals surface area contributed by atoms with Gasteiger partial charge in [0, 0.05) is 31.3 Å². The first-order valence-corrected chi connectivity index (χ1v) is 9.19. The molecule has 2 aromatic carbocycles. The van der Waals surface area contributed by atoms with Crippen molar-refractivity contribution in [2.24, 2.45) is 0 Å². The molecule has 1 N–H and O–H groups in total. The van der Waals surface area contributed by atoms with Gasteiger partial charge < -0.3 is 10.2 Å². The molecule has 1 aliphatic carbocycles. The Morgan fingerprint density at radius 2 is 1.60 bits per heavy atom. The average molecular weight is 332 g/mol. The van der Waals surface area contributed by atoms with E-state index in [1.165, 1.54) is 24.1 Å². The van der Waals surface area contributed by atoms with Gasteiger partial charge in [-0.15, -0.1) is 0 Å². The number of allylic oxidation sites excluding steroid dienone is 2. The van der Waals surface area contributed by atoms with Crippen LogP contribution >= 0.6 is 0 Å². The molecule has 25 heavy (non-hydrogen) atoms. The second-order valence-corrected chi connectivity index (χ2v) is 6.99. The third-order valence-corrected chi connectivity index (χ3v) is 5.17. The van der Waals surface area contributed by atoms with Crippen LogP contribution in [0.25, 0.3) is 0 Å². The molecule has 1 fully saturated rings. The Kier molecular flexibility index (Phi) is 4.55. The summed E-state index contributed by atoms with van der Waals surface area (Å²) in [6, 6.07) is 18.8. The normalized spacial score (nSPS) is 20.5. The van der Waals surface area contributed by atoms with Crippen LogP contribution in [-0.2, 0) is 4.79 Å². The van der Waals surface area contributed by atoms with E-state index in [9.17, 15) is 4.79 Å². The predicted molar refractivity (Wildman–Crippen MR) is 103 cm³/mol. The molecule has 2 aromatic rings. The molecule has 0 spiro atoms. The molecule has 0 saturated carbocycles. The van der Waals surface area contributed by atoms with E-state index in [1.54, 1.807) is 6.08 Å². The lowest BCUT2D eigenvalue weighted by Gasteiger charge is -2.26. The predicted octanol–water partition coefficient (Wildman–Crippen LogP) is 4.73. The van der Waals surface area contributed by atoms with E-state index in [4.69, 9.17) is 0 Å². The zero-order valence-corrected chi connectivity index (χ0v) is 14.4. The van der Waals surface area contributed by atoms with Crippen LogP contribution in [0, 0.1) is 0 Å². The van der Waals surface area contributed by atoms with E-state index in [2.05, 4.69) is 46.6 Å². The average Bonchev–Trinajstić information content (AvgIpc) is 3.17. The van der Waals surface area contributed by atoms with Crippen LogP contribution in [0.4, 0.5) is 11.4 Å². The number of benzene rings is 2. The van der Waals surface area contributed by atoms with Gasteiger partial charge >= 0.3 is 0 Å². The molecule has 0 bridgehead atoms. The lowest BCUT2D eigenvalue weighted by molar-refractivity contribution is -0.115. The summed E-state index contributed by atoms with van der Waals surface area (Å²) in [4.78, 5) is 14.7. The highest BCUT2D eigenvalue weighted by atomic mass is 16.1. The van der Waals surface area contributed by atoms with Crippen LogP contribution in [0.3, 0.4) is 0 Å². The number of para-hydroxylation sites is 2. The Morgan fingerprint density at radius 3 is 2.40 bits per heavy atom. The zero-order chi connectivity index (χ0) is 17.1. The molecule has 2 aliphatic rings. The van der Waals surface area contributed by atoms with E-state index in [0.29, 0.717) is 6.42 Å². The number of carbonyl (C=O) groups excluding carboxylic acids is 1. The standard InChI is InChI=1S/C22H24N2O/c25-20-15-18(17-8-2-1-3-9-17)14-19(16-20)23-21-10-4-5-11-22(21)24-12-6-7-13-24/h1-5,8-11,16,18,23H,6-7,12-15H2. The number of nitrogens with one attached hydrogen (secondary N) is 1. The molecule has 3 heteroatoms. The molecule has 0 aromatic heterocycles. The maximum Gasteiger partial charge on any atom is 0.158 e. The number of rotatable bonds is 4. The number of hydrogen-bond acceptors (Lipinski definition) is 3. The Hall–Kier alpha value is -2.55. The van der Waals surface area contributed by atoms with Crippen LogP contribution in [-0.4, -0.2) is 18.9 Å². The molecule has 4 rings (SSSR count). The molecule has 1 atom stereocenters. The molecule has 1 unspecified atom stereocenters. The molecule has 0 radical (unpaired) electrons. The van der Waals surface area contributed by atoms with Gasteiger partial charge in [0.2, 0.25) is 0 Å². The summed E-state index contributed by atoms with van der Waals surface area (Å²) in [5, 5.41) is 3.56. The largest absolute Gasteiger partial charge is 0.370 e. The first-order chi connectivity index (χ1) is 12.3. The first kappa shape index (κ1) is 15.9. The highest BCUT2D eigenvalue weighted by Crippen LogP contribution is 2.35. The minimum atomic E-state index is 0.209. The summed E-state index contributed by atoms with van der Waals surface area (Å²) in [6.45, 7) is 2.23. The van der Waals surface area contributed by atoms with Gasteiger partial charge in [-0.25, -0.2) is 0 Å². The smallest absolute Gasteiger partial charge is 0.158 e. The van der Waals surface area contributed by atoms with Crippen molar-refractivity contribution in [1.82, 2.24) is 0 Å². The van der Waals surface area contributed by atoms with Crippen LogP contribution < -0.4 is 10.2 Å². The quantitative estimate of drug-likeness (QED) is 0.878. The fraction of sp³-hybridized carbons (Fsp3) is 0.318. The van der Waals surface area contributed by atoms with Gasteiger partial charge in [0.15, 0.2) is 5.78 Å². The van der Waals surface area contributed by atoms with Crippen molar-refractivity contribution in [2.45, 2.75) is 31.6 Å². The van der Waals surface area contributed by atoms with E-state index in [0.717, 1.165) is 30.9 Å². The summed E-state index contributed by atoms with van der Waals surface area (Å²) in [5.41, 5.74) is 4.63. The minimum Gasteiger partial charge on any atom is -0.370 e. The molecular weight excluding hydrogens is 308 g/mol. The second kappa shape index (κ2) is 7.14. The lowest BCUT2D eigenvalue weighted by atomic mass is 9.85. The molecule has 0 amide bonds. The molecule has 1 aliphatic heterocycles. The maximum absolute atomic E-state index is 12.3. The minimum absolute atomic E-state index is 0.209. The summed E-state index contributed by atoms with van der Waals surface area (Å²) in [6.07, 6.45) is 5.78. The summed E-state index contributed by atoms with van der Waals surface area (Å²) < 4.78 is 0. The van der Waals surface area contributed by atoms with E-state index < -0.39 is 0 Å². The molecule has 128 valence electrons. The van der Waals surface area contributed by atoms with Crippen molar-refractivity contribution in [3.63, 3.8) is 0 Å². The van der Waals surface area contributed by atoms with E-state index >= 15 is 0 Å². The third-order valence-electron chi connectivity index (χ3n) is 5.17. The van der Waals surface area contributed by atoms with Gasteiger partial charge in [-0.2, -0.15) is 0 Å². The summed E-state index contributed by atoms with van der Waals surface area (Å²) in [5.74, 6) is 0.474. The molecule has 3 nitrogen and oxygen atoms in total. The monoisotopic (exact) mass is 332 g/mol. The van der Waals surface area contributed by atoms with Gasteiger partial charge in [-0.3, -0.25) is 4.79 Å². The number of carbonyl (C=O) groups is 1. The highest BCUT2D eigenvalue weighted by Gasteiger charge is 2.23. The third kappa shape index (κ3) is 3.60. The molecule has 1 heterocycles. The summed E-state index contributed by atoms with van der Waals surface area (Å²) >= 11 is 0. The van der Waals surface area contributed by atoms with Crippen molar-refractivity contribution in [2.75, 3.05) is 23.3 Å². The highest BCUT2D eigenvalue weighted by molar-refractivity contribution is 5.93.